The molecule has 0 radical (unpaired) electrons. The Morgan fingerprint density at radius 3 is 2.42 bits per heavy atom. The molecule has 4 aliphatic rings. The van der Waals surface area contributed by atoms with Gasteiger partial charge in [-0.25, -0.2) is 0 Å². The van der Waals surface area contributed by atoms with Crippen LogP contribution in [0.15, 0.2) is 0 Å². The van der Waals surface area contributed by atoms with Crippen LogP contribution in [-0.2, 0) is 14.4 Å². The second-order valence-corrected chi connectivity index (χ2v) is 10.3. The van der Waals surface area contributed by atoms with E-state index in [-0.39, 0.29) is 52.9 Å². The third-order valence-corrected chi connectivity index (χ3v) is 9.48. The van der Waals surface area contributed by atoms with E-state index in [2.05, 4.69) is 6.92 Å². The van der Waals surface area contributed by atoms with E-state index >= 15 is 0 Å². The Balaban J connectivity index is 1.73. The quantitative estimate of drug-likeness (QED) is 0.708. The average Bonchev–Trinajstić information content (AvgIpc) is 2.83. The molecule has 0 aromatic heterocycles. The van der Waals surface area contributed by atoms with Crippen LogP contribution in [0.2, 0.25) is 0 Å². The van der Waals surface area contributed by atoms with Crippen LogP contribution >= 0.6 is 11.6 Å². The lowest BCUT2D eigenvalue weighted by Gasteiger charge is -2.60. The molecule has 4 nitrogen and oxygen atoms in total. The van der Waals surface area contributed by atoms with E-state index in [1.165, 1.54) is 6.92 Å². The van der Waals surface area contributed by atoms with Gasteiger partial charge in [0.2, 0.25) is 0 Å². The van der Waals surface area contributed by atoms with Gasteiger partial charge in [-0.3, -0.25) is 14.4 Å². The second-order valence-electron chi connectivity index (χ2n) is 9.82. The Kier molecular flexibility index (Phi) is 4.03. The molecule has 0 heterocycles. The zero-order valence-corrected chi connectivity index (χ0v) is 16.6. The van der Waals surface area contributed by atoms with E-state index in [0.717, 1.165) is 25.7 Å². The van der Waals surface area contributed by atoms with E-state index < -0.39 is 16.4 Å². The highest BCUT2D eigenvalue weighted by atomic mass is 35.5. The average molecular weight is 381 g/mol. The molecular formula is C21H29ClO4. The highest BCUT2D eigenvalue weighted by Gasteiger charge is 2.69. The molecule has 4 aliphatic carbocycles. The van der Waals surface area contributed by atoms with Crippen LogP contribution in [0, 0.1) is 34.5 Å². The summed E-state index contributed by atoms with van der Waals surface area (Å²) >= 11 is 6.49. The maximum absolute atomic E-state index is 13.4. The van der Waals surface area contributed by atoms with Crippen molar-refractivity contribution in [2.75, 3.05) is 0 Å². The standard InChI is InChI=1S/C21H29ClO4/c1-11(23)21(26)9-6-13-12-4-5-14-18(22)15(24)7-8-19(14,2)17(12)16(25)10-20(13,21)3/h12-14,17-18,26H,4-10H2,1-3H3/t12-,13-,14?,17+,18?,19-,20-,21-/m0/s1. The normalized spacial score (nSPS) is 53.7. The minimum atomic E-state index is -1.38. The summed E-state index contributed by atoms with van der Waals surface area (Å²) in [7, 11) is 0. The number of Topliss-reactive ketones (excluding diaryl/α,β-unsaturated/α-hetero) is 3. The number of hydrogen-bond acceptors (Lipinski definition) is 4. The Morgan fingerprint density at radius 1 is 1.08 bits per heavy atom. The lowest BCUT2D eigenvalue weighted by atomic mass is 9.44. The molecule has 0 bridgehead atoms. The number of fused-ring (bicyclic) bond motifs is 5. The van der Waals surface area contributed by atoms with Crippen LogP contribution in [0.3, 0.4) is 0 Å². The first-order valence-electron chi connectivity index (χ1n) is 9.99. The van der Waals surface area contributed by atoms with Crippen molar-refractivity contribution in [3.05, 3.63) is 0 Å². The van der Waals surface area contributed by atoms with Crippen molar-refractivity contribution < 1.29 is 19.5 Å². The Bertz CT molecular complexity index is 689. The number of carbonyl (C=O) groups is 3. The topological polar surface area (TPSA) is 71.4 Å². The summed E-state index contributed by atoms with van der Waals surface area (Å²) in [6, 6.07) is 0. The van der Waals surface area contributed by atoms with Crippen molar-refractivity contribution >= 4 is 29.0 Å². The number of ketones is 3. The Labute approximate surface area is 160 Å². The van der Waals surface area contributed by atoms with E-state index in [0.29, 0.717) is 12.8 Å². The first kappa shape index (κ1) is 18.6. The van der Waals surface area contributed by atoms with Gasteiger partial charge in [0.05, 0.1) is 5.38 Å². The molecule has 144 valence electrons. The molecule has 4 rings (SSSR count). The lowest BCUT2D eigenvalue weighted by molar-refractivity contribution is -0.176. The van der Waals surface area contributed by atoms with Crippen molar-refractivity contribution in [2.24, 2.45) is 34.5 Å². The first-order chi connectivity index (χ1) is 12.1. The molecule has 0 saturated heterocycles. The Hall–Kier alpha value is -0.740. The second kappa shape index (κ2) is 5.64. The molecule has 2 unspecified atom stereocenters. The molecule has 8 atom stereocenters. The fourth-order valence-electron chi connectivity index (χ4n) is 7.49. The summed E-state index contributed by atoms with van der Waals surface area (Å²) in [5.41, 5.74) is -2.28. The third kappa shape index (κ3) is 2.09. The summed E-state index contributed by atoms with van der Waals surface area (Å²) in [6.07, 6.45) is 4.42. The van der Waals surface area contributed by atoms with Crippen molar-refractivity contribution in [1.29, 1.82) is 0 Å². The molecular weight excluding hydrogens is 352 g/mol. The maximum atomic E-state index is 13.4. The van der Waals surface area contributed by atoms with Gasteiger partial charge in [0, 0.05) is 24.2 Å². The van der Waals surface area contributed by atoms with Crippen molar-refractivity contribution in [3.8, 4) is 0 Å². The molecule has 4 saturated carbocycles. The number of alkyl halides is 1. The number of carbonyl (C=O) groups excluding carboxylic acids is 3. The number of hydrogen-bond donors (Lipinski definition) is 1. The third-order valence-electron chi connectivity index (χ3n) is 8.94. The van der Waals surface area contributed by atoms with E-state index in [1.54, 1.807) is 0 Å². The maximum Gasteiger partial charge on any atom is 0.161 e. The van der Waals surface area contributed by atoms with Crippen LogP contribution in [0.1, 0.15) is 65.7 Å². The summed E-state index contributed by atoms with van der Waals surface area (Å²) in [6.45, 7) is 5.56. The largest absolute Gasteiger partial charge is 0.381 e. The predicted molar refractivity (Wildman–Crippen MR) is 97.8 cm³/mol. The molecule has 0 aliphatic heterocycles. The number of aliphatic hydroxyl groups is 1. The Morgan fingerprint density at radius 2 is 1.77 bits per heavy atom. The summed E-state index contributed by atoms with van der Waals surface area (Å²) < 4.78 is 0. The smallest absolute Gasteiger partial charge is 0.161 e. The zero-order chi connectivity index (χ0) is 19.1. The van der Waals surface area contributed by atoms with Gasteiger partial charge in [-0.2, -0.15) is 0 Å². The van der Waals surface area contributed by atoms with Crippen molar-refractivity contribution in [3.63, 3.8) is 0 Å². The zero-order valence-electron chi connectivity index (χ0n) is 15.9. The number of rotatable bonds is 1. The highest BCUT2D eigenvalue weighted by molar-refractivity contribution is 6.31. The molecule has 5 heteroatoms. The summed E-state index contributed by atoms with van der Waals surface area (Å²) in [5.74, 6) is 0.415. The van der Waals surface area contributed by atoms with E-state index in [1.807, 2.05) is 6.92 Å². The van der Waals surface area contributed by atoms with Crippen LogP contribution in [0.25, 0.3) is 0 Å². The monoisotopic (exact) mass is 380 g/mol. The van der Waals surface area contributed by atoms with Gasteiger partial charge in [-0.1, -0.05) is 13.8 Å². The molecule has 0 aromatic rings. The van der Waals surface area contributed by atoms with Crippen LogP contribution in [0.4, 0.5) is 0 Å². The van der Waals surface area contributed by atoms with Crippen LogP contribution in [-0.4, -0.2) is 33.4 Å². The fraction of sp³-hybridized carbons (Fsp3) is 0.857. The lowest BCUT2D eigenvalue weighted by Crippen LogP contribution is -2.62. The van der Waals surface area contributed by atoms with Gasteiger partial charge in [0.1, 0.15) is 11.4 Å². The molecule has 4 fully saturated rings. The van der Waals surface area contributed by atoms with Gasteiger partial charge < -0.3 is 5.11 Å². The fourth-order valence-corrected chi connectivity index (χ4v) is 8.02. The van der Waals surface area contributed by atoms with Gasteiger partial charge in [0.25, 0.3) is 0 Å². The molecule has 0 spiro atoms. The highest BCUT2D eigenvalue weighted by Crippen LogP contribution is 2.67. The molecule has 26 heavy (non-hydrogen) atoms. The minimum Gasteiger partial charge on any atom is -0.381 e. The summed E-state index contributed by atoms with van der Waals surface area (Å²) in [5, 5.41) is 10.7. The first-order valence-corrected chi connectivity index (χ1v) is 10.4. The van der Waals surface area contributed by atoms with Gasteiger partial charge >= 0.3 is 0 Å². The van der Waals surface area contributed by atoms with Gasteiger partial charge in [-0.15, -0.1) is 11.6 Å². The van der Waals surface area contributed by atoms with Crippen molar-refractivity contribution in [1.82, 2.24) is 0 Å². The SMILES string of the molecule is CC(=O)[C@@]1(O)CC[C@H]2[C@@H]3CCC4C(Cl)C(=O)CC[C@]4(C)[C@H]3C(=O)C[C@@]21C. The molecule has 0 amide bonds. The van der Waals surface area contributed by atoms with Crippen molar-refractivity contribution in [2.45, 2.75) is 76.7 Å². The predicted octanol–water partition coefficient (Wildman–Crippen LogP) is 3.31. The van der Waals surface area contributed by atoms with E-state index in [9.17, 15) is 19.5 Å². The molecule has 0 aromatic carbocycles. The van der Waals surface area contributed by atoms with Gasteiger partial charge in [0.15, 0.2) is 11.6 Å². The molecule has 1 N–H and O–H groups in total. The van der Waals surface area contributed by atoms with Crippen LogP contribution in [0.5, 0.6) is 0 Å². The van der Waals surface area contributed by atoms with E-state index in [4.69, 9.17) is 11.6 Å². The number of halogens is 1. The van der Waals surface area contributed by atoms with Gasteiger partial charge in [-0.05, 0) is 62.2 Å². The summed E-state index contributed by atoms with van der Waals surface area (Å²) in [4.78, 5) is 37.8. The van der Waals surface area contributed by atoms with Crippen LogP contribution < -0.4 is 0 Å². The minimum absolute atomic E-state index is 0.0630.